The number of hydrogen-bond donors (Lipinski definition) is 2. The minimum Gasteiger partial charge on any atom is -0.478 e. The summed E-state index contributed by atoms with van der Waals surface area (Å²) in [6.07, 6.45) is 5.34. The molecule has 0 radical (unpaired) electrons. The predicted octanol–water partition coefficient (Wildman–Crippen LogP) is 2.75. The van der Waals surface area contributed by atoms with Crippen molar-refractivity contribution < 1.29 is 14.7 Å². The Morgan fingerprint density at radius 2 is 1.92 bits per heavy atom. The molecule has 0 atom stereocenters. The number of anilines is 1. The van der Waals surface area contributed by atoms with Gasteiger partial charge in [0.1, 0.15) is 0 Å². The van der Waals surface area contributed by atoms with Gasteiger partial charge in [0.25, 0.3) is 0 Å². The van der Waals surface area contributed by atoms with Gasteiger partial charge in [0.15, 0.2) is 0 Å². The first-order valence-corrected chi connectivity index (χ1v) is 7.32. The van der Waals surface area contributed by atoms with E-state index in [4.69, 9.17) is 5.11 Å². The molecule has 1 heterocycles. The Balaban J connectivity index is 1.64. The van der Waals surface area contributed by atoms with E-state index in [1.165, 1.54) is 12.1 Å². The summed E-state index contributed by atoms with van der Waals surface area (Å²) in [5.41, 5.74) is 2.45. The molecule has 0 unspecified atom stereocenters. The molecule has 0 fully saturated rings. The number of benzene rings is 2. The fourth-order valence-electron chi connectivity index (χ4n) is 2.33. The third kappa shape index (κ3) is 3.67. The van der Waals surface area contributed by atoms with Crippen molar-refractivity contribution in [3.63, 3.8) is 0 Å². The number of carbonyl (C=O) groups is 2. The number of nitrogens with zero attached hydrogens (tertiary/aromatic N) is 2. The van der Waals surface area contributed by atoms with E-state index in [9.17, 15) is 9.59 Å². The lowest BCUT2D eigenvalue weighted by Crippen LogP contribution is -2.14. The number of aromatic carboxylic acids is 1. The molecule has 0 saturated carbocycles. The highest BCUT2D eigenvalue weighted by molar-refractivity contribution is 5.93. The maximum Gasteiger partial charge on any atom is 0.335 e. The minimum atomic E-state index is -1.01. The van der Waals surface area contributed by atoms with Crippen molar-refractivity contribution in [3.8, 4) is 5.69 Å². The van der Waals surface area contributed by atoms with Gasteiger partial charge in [-0.2, -0.15) is 0 Å². The lowest BCUT2D eigenvalue weighted by atomic mass is 10.1. The van der Waals surface area contributed by atoms with E-state index in [1.807, 2.05) is 22.9 Å². The highest BCUT2D eigenvalue weighted by Crippen LogP contribution is 2.14. The molecule has 3 aromatic rings. The first-order chi connectivity index (χ1) is 11.6. The van der Waals surface area contributed by atoms with Gasteiger partial charge in [-0.25, -0.2) is 9.78 Å². The van der Waals surface area contributed by atoms with Gasteiger partial charge >= 0.3 is 5.97 Å². The van der Waals surface area contributed by atoms with Crippen molar-refractivity contribution in [3.05, 3.63) is 78.4 Å². The number of carboxylic acids is 1. The van der Waals surface area contributed by atoms with Crippen LogP contribution < -0.4 is 5.32 Å². The van der Waals surface area contributed by atoms with Gasteiger partial charge in [-0.1, -0.05) is 12.1 Å². The smallest absolute Gasteiger partial charge is 0.335 e. The number of rotatable bonds is 5. The standard InChI is InChI=1S/C18H15N3O3/c22-17(11-13-2-1-3-14(10-13)18(23)24)20-15-4-6-16(7-5-15)21-9-8-19-12-21/h1-10,12H,11H2,(H,20,22)(H,23,24). The van der Waals surface area contributed by atoms with Crippen LogP contribution in [0.4, 0.5) is 5.69 Å². The van der Waals surface area contributed by atoms with Crippen molar-refractivity contribution in [1.82, 2.24) is 9.55 Å². The zero-order chi connectivity index (χ0) is 16.9. The van der Waals surface area contributed by atoms with Crippen molar-refractivity contribution in [1.29, 1.82) is 0 Å². The molecular weight excluding hydrogens is 306 g/mol. The summed E-state index contributed by atoms with van der Waals surface area (Å²) in [5, 5.41) is 11.8. The van der Waals surface area contributed by atoms with E-state index in [1.54, 1.807) is 36.8 Å². The molecule has 3 rings (SSSR count). The van der Waals surface area contributed by atoms with Crippen LogP contribution in [0, 0.1) is 0 Å². The van der Waals surface area contributed by atoms with Crippen LogP contribution in [0.15, 0.2) is 67.3 Å². The highest BCUT2D eigenvalue weighted by Gasteiger charge is 2.08. The van der Waals surface area contributed by atoms with Crippen LogP contribution in [0.3, 0.4) is 0 Å². The van der Waals surface area contributed by atoms with Gasteiger partial charge < -0.3 is 15.0 Å². The molecule has 1 amide bonds. The van der Waals surface area contributed by atoms with Gasteiger partial charge in [-0.15, -0.1) is 0 Å². The lowest BCUT2D eigenvalue weighted by Gasteiger charge is -2.07. The third-order valence-corrected chi connectivity index (χ3v) is 3.49. The number of aromatic nitrogens is 2. The first-order valence-electron chi connectivity index (χ1n) is 7.32. The van der Waals surface area contributed by atoms with Crippen LogP contribution in [0.5, 0.6) is 0 Å². The van der Waals surface area contributed by atoms with Crippen LogP contribution >= 0.6 is 0 Å². The first kappa shape index (κ1) is 15.5. The fraction of sp³-hybridized carbons (Fsp3) is 0.0556. The molecule has 0 aliphatic carbocycles. The number of hydrogen-bond acceptors (Lipinski definition) is 3. The molecule has 6 heteroatoms. The lowest BCUT2D eigenvalue weighted by molar-refractivity contribution is -0.115. The van der Waals surface area contributed by atoms with E-state index in [0.717, 1.165) is 5.69 Å². The number of carboxylic acid groups (broad SMARTS) is 1. The van der Waals surface area contributed by atoms with E-state index in [2.05, 4.69) is 10.3 Å². The maximum atomic E-state index is 12.1. The molecule has 2 N–H and O–H groups in total. The Morgan fingerprint density at radius 3 is 2.58 bits per heavy atom. The van der Waals surface area contributed by atoms with E-state index >= 15 is 0 Å². The molecule has 0 bridgehead atoms. The molecular formula is C18H15N3O3. The Labute approximate surface area is 138 Å². The molecule has 0 spiro atoms. The SMILES string of the molecule is O=C(Cc1cccc(C(=O)O)c1)Nc1ccc(-n2ccnc2)cc1. The average molecular weight is 321 g/mol. The molecule has 120 valence electrons. The van der Waals surface area contributed by atoms with Crippen molar-refractivity contribution in [2.45, 2.75) is 6.42 Å². The van der Waals surface area contributed by atoms with Crippen LogP contribution in [-0.2, 0) is 11.2 Å². The minimum absolute atomic E-state index is 0.115. The summed E-state index contributed by atoms with van der Waals surface area (Å²) in [6.45, 7) is 0. The van der Waals surface area contributed by atoms with E-state index in [-0.39, 0.29) is 17.9 Å². The van der Waals surface area contributed by atoms with Crippen molar-refractivity contribution in [2.24, 2.45) is 0 Å². The van der Waals surface area contributed by atoms with Gasteiger partial charge in [0, 0.05) is 23.8 Å². The van der Waals surface area contributed by atoms with Crippen molar-refractivity contribution in [2.75, 3.05) is 5.32 Å². The van der Waals surface area contributed by atoms with Gasteiger partial charge in [-0.05, 0) is 42.0 Å². The van der Waals surface area contributed by atoms with Crippen LogP contribution in [0.1, 0.15) is 15.9 Å². The molecule has 0 aliphatic heterocycles. The van der Waals surface area contributed by atoms with Crippen LogP contribution in [0.2, 0.25) is 0 Å². The zero-order valence-electron chi connectivity index (χ0n) is 12.7. The van der Waals surface area contributed by atoms with E-state index in [0.29, 0.717) is 11.3 Å². The molecule has 0 aliphatic rings. The molecule has 0 saturated heterocycles. The normalized spacial score (nSPS) is 10.3. The number of nitrogens with one attached hydrogen (secondary N) is 1. The second-order valence-electron chi connectivity index (χ2n) is 5.25. The number of carbonyl (C=O) groups excluding carboxylic acids is 1. The van der Waals surface area contributed by atoms with Crippen LogP contribution in [-0.4, -0.2) is 26.5 Å². The zero-order valence-corrected chi connectivity index (χ0v) is 12.7. The summed E-state index contributed by atoms with van der Waals surface area (Å²) in [6, 6.07) is 13.7. The topological polar surface area (TPSA) is 84.2 Å². The second-order valence-corrected chi connectivity index (χ2v) is 5.25. The van der Waals surface area contributed by atoms with Gasteiger partial charge in [0.05, 0.1) is 18.3 Å². The van der Waals surface area contributed by atoms with Crippen LogP contribution in [0.25, 0.3) is 5.69 Å². The van der Waals surface area contributed by atoms with Gasteiger partial charge in [0.2, 0.25) is 5.91 Å². The Kier molecular flexibility index (Phi) is 4.38. The summed E-state index contributed by atoms with van der Waals surface area (Å²) in [7, 11) is 0. The largest absolute Gasteiger partial charge is 0.478 e. The molecule has 1 aromatic heterocycles. The Morgan fingerprint density at radius 1 is 1.12 bits per heavy atom. The Hall–Kier alpha value is -3.41. The highest BCUT2D eigenvalue weighted by atomic mass is 16.4. The van der Waals surface area contributed by atoms with E-state index < -0.39 is 5.97 Å². The molecule has 2 aromatic carbocycles. The third-order valence-electron chi connectivity index (χ3n) is 3.49. The fourth-order valence-corrected chi connectivity index (χ4v) is 2.33. The molecule has 24 heavy (non-hydrogen) atoms. The Bertz CT molecular complexity index is 855. The number of amides is 1. The van der Waals surface area contributed by atoms with Gasteiger partial charge in [-0.3, -0.25) is 4.79 Å². The maximum absolute atomic E-state index is 12.1. The summed E-state index contributed by atoms with van der Waals surface area (Å²) in [5.74, 6) is -1.21. The quantitative estimate of drug-likeness (QED) is 0.757. The molecule has 6 nitrogen and oxygen atoms in total. The summed E-state index contributed by atoms with van der Waals surface area (Å²) >= 11 is 0. The summed E-state index contributed by atoms with van der Waals surface area (Å²) < 4.78 is 1.86. The second kappa shape index (κ2) is 6.78. The number of imidazole rings is 1. The predicted molar refractivity (Wildman–Crippen MR) is 89.3 cm³/mol. The summed E-state index contributed by atoms with van der Waals surface area (Å²) in [4.78, 5) is 27.0. The van der Waals surface area contributed by atoms with Crippen molar-refractivity contribution >= 4 is 17.6 Å². The monoisotopic (exact) mass is 321 g/mol. The average Bonchev–Trinajstić information content (AvgIpc) is 3.10.